The largest absolute Gasteiger partial charge is 0.503 e. The second-order valence-electron chi connectivity index (χ2n) is 4.67. The van der Waals surface area contributed by atoms with Crippen molar-refractivity contribution in [3.8, 4) is 0 Å². The topological polar surface area (TPSA) is 83.3 Å². The van der Waals surface area contributed by atoms with E-state index in [1.165, 1.54) is 10.8 Å². The molecule has 0 saturated heterocycles. The fraction of sp³-hybridized carbons (Fsp3) is 0. The number of benzene rings is 2. The Hall–Kier alpha value is -3.47. The van der Waals surface area contributed by atoms with Crippen molar-refractivity contribution >= 4 is 28.0 Å². The van der Waals surface area contributed by atoms with E-state index in [2.05, 4.69) is 34.2 Å². The zero-order chi connectivity index (χ0) is 17.2. The van der Waals surface area contributed by atoms with Crippen LogP contribution in [-0.2, 0) is 0 Å². The Morgan fingerprint density at radius 3 is 1.33 bits per heavy atom. The number of hydrogen-bond acceptors (Lipinski definition) is 3. The maximum absolute atomic E-state index is 8.56. The molecule has 2 aromatic carbocycles. The normalized spacial score (nSPS) is 9.33. The zero-order valence-corrected chi connectivity index (χ0v) is 12.8. The Morgan fingerprint density at radius 1 is 0.625 bits per heavy atom. The second kappa shape index (κ2) is 8.85. The smallest absolute Gasteiger partial charge is 0.450 e. The monoisotopic (exact) mass is 320 g/mol. The number of aromatic nitrogens is 2. The summed E-state index contributed by atoms with van der Waals surface area (Å²) < 4.78 is 0. The molecule has 0 saturated carbocycles. The van der Waals surface area contributed by atoms with Crippen molar-refractivity contribution in [1.29, 1.82) is 0 Å². The highest BCUT2D eigenvalue weighted by Crippen LogP contribution is 2.08. The minimum absolute atomic E-state index is 1.06. The molecule has 4 aromatic rings. The average Bonchev–Trinajstić information content (AvgIpc) is 2.62. The summed E-state index contributed by atoms with van der Waals surface area (Å²) in [5.41, 5.74) is 2.12. The molecule has 0 aliphatic carbocycles. The number of carbonyl (C=O) groups is 1. The standard InChI is InChI=1S/2C9H7N.CH2O3/c2*1-2-6-9-8(4-1)5-3-7-10-9;2-1(3)4/h2*1-7H;(H2,2,3,4). The molecule has 2 N–H and O–H groups in total. The van der Waals surface area contributed by atoms with Crippen LogP contribution in [0.3, 0.4) is 0 Å². The third-order valence-corrected chi connectivity index (χ3v) is 3.02. The average molecular weight is 320 g/mol. The number of nitrogens with zero attached hydrogens (tertiary/aromatic N) is 2. The highest BCUT2D eigenvalue weighted by atomic mass is 16.6. The van der Waals surface area contributed by atoms with E-state index in [9.17, 15) is 0 Å². The van der Waals surface area contributed by atoms with Crippen LogP contribution in [0.25, 0.3) is 21.8 Å². The highest BCUT2D eigenvalue weighted by Gasteiger charge is 1.87. The van der Waals surface area contributed by atoms with Crippen molar-refractivity contribution < 1.29 is 15.0 Å². The van der Waals surface area contributed by atoms with Crippen LogP contribution in [-0.4, -0.2) is 26.3 Å². The molecular weight excluding hydrogens is 304 g/mol. The summed E-state index contributed by atoms with van der Waals surface area (Å²) in [7, 11) is 0. The SMILES string of the molecule is O=C(O)O.c1ccc2ncccc2c1.c1ccc2ncccc2c1. The van der Waals surface area contributed by atoms with Gasteiger partial charge >= 0.3 is 6.16 Å². The third-order valence-electron chi connectivity index (χ3n) is 3.02. The quantitative estimate of drug-likeness (QED) is 0.491. The predicted molar refractivity (Wildman–Crippen MR) is 94.1 cm³/mol. The molecule has 5 nitrogen and oxygen atoms in total. The third kappa shape index (κ3) is 5.38. The lowest BCUT2D eigenvalue weighted by Gasteiger charge is -1.91. The lowest BCUT2D eigenvalue weighted by Crippen LogP contribution is -1.81. The van der Waals surface area contributed by atoms with Gasteiger partial charge in [0.25, 0.3) is 0 Å². The summed E-state index contributed by atoms with van der Waals surface area (Å²) in [5.74, 6) is 0. The molecule has 0 fully saturated rings. The van der Waals surface area contributed by atoms with Crippen molar-refractivity contribution in [2.75, 3.05) is 0 Å². The van der Waals surface area contributed by atoms with E-state index in [1.807, 2.05) is 60.9 Å². The van der Waals surface area contributed by atoms with Gasteiger partial charge in [-0.2, -0.15) is 0 Å². The van der Waals surface area contributed by atoms with Crippen LogP contribution in [0.1, 0.15) is 0 Å². The summed E-state index contributed by atoms with van der Waals surface area (Å²) in [6.07, 6.45) is 1.78. The fourth-order valence-electron chi connectivity index (χ4n) is 2.03. The van der Waals surface area contributed by atoms with Gasteiger partial charge in [-0.15, -0.1) is 0 Å². The molecule has 0 spiro atoms. The summed E-state index contributed by atoms with van der Waals surface area (Å²) in [6, 6.07) is 24.2. The van der Waals surface area contributed by atoms with E-state index in [0.29, 0.717) is 0 Å². The summed E-state index contributed by atoms with van der Waals surface area (Å²) in [6.45, 7) is 0. The van der Waals surface area contributed by atoms with Crippen LogP contribution in [0.4, 0.5) is 4.79 Å². The van der Waals surface area contributed by atoms with Crippen LogP contribution in [0.2, 0.25) is 0 Å². The van der Waals surface area contributed by atoms with Crippen LogP contribution in [0, 0.1) is 0 Å². The molecule has 0 radical (unpaired) electrons. The van der Waals surface area contributed by atoms with Gasteiger partial charge in [-0.3, -0.25) is 9.97 Å². The maximum atomic E-state index is 8.56. The van der Waals surface area contributed by atoms with Gasteiger partial charge in [0, 0.05) is 23.2 Å². The van der Waals surface area contributed by atoms with Gasteiger partial charge in [-0.05, 0) is 24.3 Å². The molecule has 0 amide bonds. The molecule has 2 heterocycles. The minimum Gasteiger partial charge on any atom is -0.450 e. The number of rotatable bonds is 0. The van der Waals surface area contributed by atoms with E-state index < -0.39 is 6.16 Å². The molecule has 0 bridgehead atoms. The Bertz CT molecular complexity index is 720. The maximum Gasteiger partial charge on any atom is 0.503 e. The van der Waals surface area contributed by atoms with E-state index in [-0.39, 0.29) is 0 Å². The van der Waals surface area contributed by atoms with Gasteiger partial charge < -0.3 is 10.2 Å². The lowest BCUT2D eigenvalue weighted by molar-refractivity contribution is 0.137. The first kappa shape index (κ1) is 16.9. The first-order valence-electron chi connectivity index (χ1n) is 7.18. The fourth-order valence-corrected chi connectivity index (χ4v) is 2.03. The van der Waals surface area contributed by atoms with E-state index in [1.54, 1.807) is 0 Å². The van der Waals surface area contributed by atoms with E-state index >= 15 is 0 Å². The molecule has 24 heavy (non-hydrogen) atoms. The molecule has 0 aliphatic rings. The molecule has 0 unspecified atom stereocenters. The van der Waals surface area contributed by atoms with Crippen LogP contribution in [0.5, 0.6) is 0 Å². The first-order valence-corrected chi connectivity index (χ1v) is 7.18. The lowest BCUT2D eigenvalue weighted by atomic mass is 10.2. The molecule has 4 rings (SSSR count). The van der Waals surface area contributed by atoms with E-state index in [0.717, 1.165) is 11.0 Å². The first-order chi connectivity index (χ1) is 11.7. The number of para-hydroxylation sites is 2. The predicted octanol–water partition coefficient (Wildman–Crippen LogP) is 4.69. The van der Waals surface area contributed by atoms with Gasteiger partial charge in [0.05, 0.1) is 11.0 Å². The Morgan fingerprint density at radius 2 is 0.958 bits per heavy atom. The number of pyridine rings is 2. The molecule has 2 aromatic heterocycles. The summed E-state index contributed by atoms with van der Waals surface area (Å²) >= 11 is 0. The zero-order valence-electron chi connectivity index (χ0n) is 12.8. The Labute approximate surface area is 138 Å². The minimum atomic E-state index is -1.83. The summed E-state index contributed by atoms with van der Waals surface area (Å²) in [5, 5.41) is 16.3. The van der Waals surface area contributed by atoms with Crippen LogP contribution < -0.4 is 0 Å². The van der Waals surface area contributed by atoms with Crippen molar-refractivity contribution in [2.24, 2.45) is 0 Å². The van der Waals surface area contributed by atoms with Gasteiger partial charge in [-0.1, -0.05) is 48.5 Å². The van der Waals surface area contributed by atoms with Gasteiger partial charge in [0.2, 0.25) is 0 Å². The Balaban J connectivity index is 0.000000143. The number of hydrogen-bond donors (Lipinski definition) is 2. The summed E-state index contributed by atoms with van der Waals surface area (Å²) in [4.78, 5) is 16.9. The van der Waals surface area contributed by atoms with Crippen molar-refractivity contribution in [1.82, 2.24) is 9.97 Å². The van der Waals surface area contributed by atoms with Gasteiger partial charge in [-0.25, -0.2) is 4.79 Å². The van der Waals surface area contributed by atoms with Crippen LogP contribution in [0.15, 0.2) is 85.2 Å². The van der Waals surface area contributed by atoms with Gasteiger partial charge in [0.15, 0.2) is 0 Å². The second-order valence-corrected chi connectivity index (χ2v) is 4.67. The number of fused-ring (bicyclic) bond motifs is 2. The molecule has 5 heteroatoms. The molecule has 120 valence electrons. The Kier molecular flexibility index (Phi) is 6.23. The molecule has 0 atom stereocenters. The number of carboxylic acid groups (broad SMARTS) is 2. The highest BCUT2D eigenvalue weighted by molar-refractivity contribution is 5.78. The van der Waals surface area contributed by atoms with Crippen molar-refractivity contribution in [3.05, 3.63) is 85.2 Å². The van der Waals surface area contributed by atoms with Gasteiger partial charge in [0.1, 0.15) is 0 Å². The molecule has 0 aliphatic heterocycles. The van der Waals surface area contributed by atoms with Crippen molar-refractivity contribution in [2.45, 2.75) is 0 Å². The van der Waals surface area contributed by atoms with Crippen molar-refractivity contribution in [3.63, 3.8) is 0 Å². The van der Waals surface area contributed by atoms with E-state index in [4.69, 9.17) is 15.0 Å². The molecular formula is C19H16N2O3. The van der Waals surface area contributed by atoms with Crippen LogP contribution >= 0.6 is 0 Å².